The van der Waals surface area contributed by atoms with Gasteiger partial charge in [-0.25, -0.2) is 0 Å². The average Bonchev–Trinajstić information content (AvgIpc) is 2.16. The number of esters is 1. The normalized spacial score (nSPS) is 26.9. The van der Waals surface area contributed by atoms with Gasteiger partial charge in [0.25, 0.3) is 0 Å². The maximum Gasteiger partial charge on any atom is 0.308 e. The highest BCUT2D eigenvalue weighted by Gasteiger charge is 2.32. The summed E-state index contributed by atoms with van der Waals surface area (Å²) in [7, 11) is 1.36. The summed E-state index contributed by atoms with van der Waals surface area (Å²) in [4.78, 5) is 21.9. The Balaban J connectivity index is 2.58. The average molecular weight is 200 g/mol. The van der Waals surface area contributed by atoms with Gasteiger partial charge in [-0.3, -0.25) is 9.59 Å². The van der Waals surface area contributed by atoms with Gasteiger partial charge in [0.05, 0.1) is 13.0 Å². The maximum absolute atomic E-state index is 11.3. The van der Waals surface area contributed by atoms with Crippen LogP contribution in [0.1, 0.15) is 32.1 Å². The summed E-state index contributed by atoms with van der Waals surface area (Å²) in [6.45, 7) is 0. The topological polar surface area (TPSA) is 63.6 Å². The third kappa shape index (κ3) is 2.72. The summed E-state index contributed by atoms with van der Waals surface area (Å²) in [6.07, 6.45) is 3.69. The number of carboxylic acids is 1. The van der Waals surface area contributed by atoms with Gasteiger partial charge in [0.2, 0.25) is 0 Å². The lowest BCUT2D eigenvalue weighted by Crippen LogP contribution is -2.29. The first-order valence-corrected chi connectivity index (χ1v) is 4.94. The largest absolute Gasteiger partial charge is 0.481 e. The Morgan fingerprint density at radius 3 is 2.57 bits per heavy atom. The molecule has 2 atom stereocenters. The zero-order valence-corrected chi connectivity index (χ0v) is 8.36. The zero-order valence-electron chi connectivity index (χ0n) is 8.36. The first kappa shape index (κ1) is 11.0. The molecule has 0 spiro atoms. The van der Waals surface area contributed by atoms with Crippen molar-refractivity contribution in [3.63, 3.8) is 0 Å². The Bertz CT molecular complexity index is 224. The van der Waals surface area contributed by atoms with E-state index >= 15 is 0 Å². The molecular formula is C10H16O4. The Hall–Kier alpha value is -1.06. The fraction of sp³-hybridized carbons (Fsp3) is 0.800. The third-order valence-electron chi connectivity index (χ3n) is 2.85. The van der Waals surface area contributed by atoms with Gasteiger partial charge in [-0.15, -0.1) is 0 Å². The van der Waals surface area contributed by atoms with E-state index in [9.17, 15) is 9.59 Å². The molecule has 14 heavy (non-hydrogen) atoms. The van der Waals surface area contributed by atoms with Crippen LogP contribution in [0.15, 0.2) is 0 Å². The second-order valence-electron chi connectivity index (χ2n) is 3.77. The molecule has 0 amide bonds. The van der Waals surface area contributed by atoms with Crippen LogP contribution >= 0.6 is 0 Å². The Kier molecular flexibility index (Phi) is 3.92. The minimum Gasteiger partial charge on any atom is -0.481 e. The van der Waals surface area contributed by atoms with E-state index in [4.69, 9.17) is 5.11 Å². The molecule has 0 aliphatic heterocycles. The highest BCUT2D eigenvalue weighted by atomic mass is 16.5. The zero-order chi connectivity index (χ0) is 10.6. The van der Waals surface area contributed by atoms with Gasteiger partial charge in [-0.1, -0.05) is 12.8 Å². The van der Waals surface area contributed by atoms with Gasteiger partial charge in [-0.05, 0) is 18.8 Å². The number of methoxy groups -OCH3 is 1. The molecular weight excluding hydrogens is 184 g/mol. The lowest BCUT2D eigenvalue weighted by atomic mass is 9.77. The number of carboxylic acid groups (broad SMARTS) is 1. The lowest BCUT2D eigenvalue weighted by molar-refractivity contribution is -0.150. The van der Waals surface area contributed by atoms with Crippen LogP contribution in [0.3, 0.4) is 0 Å². The summed E-state index contributed by atoms with van der Waals surface area (Å²) in [6, 6.07) is 0. The standard InChI is InChI=1S/C10H16O4/c1-14-10(13)8-5-3-2-4-7(8)6-9(11)12/h7-8H,2-6H2,1H3,(H,11,12)/t7-,8+/m1/s1. The van der Waals surface area contributed by atoms with Crippen LogP contribution in [0.4, 0.5) is 0 Å². The van der Waals surface area contributed by atoms with Gasteiger partial charge in [0, 0.05) is 6.42 Å². The van der Waals surface area contributed by atoms with E-state index in [0.717, 1.165) is 25.7 Å². The van der Waals surface area contributed by atoms with Crippen molar-refractivity contribution in [2.75, 3.05) is 7.11 Å². The number of carbonyl (C=O) groups is 2. The fourth-order valence-electron chi connectivity index (χ4n) is 2.14. The second-order valence-corrected chi connectivity index (χ2v) is 3.77. The summed E-state index contributed by atoms with van der Waals surface area (Å²) in [5, 5.41) is 8.69. The van der Waals surface area contributed by atoms with Crippen molar-refractivity contribution in [2.45, 2.75) is 32.1 Å². The quantitative estimate of drug-likeness (QED) is 0.700. The number of rotatable bonds is 3. The predicted molar refractivity (Wildman–Crippen MR) is 49.7 cm³/mol. The van der Waals surface area contributed by atoms with Gasteiger partial charge < -0.3 is 9.84 Å². The fourth-order valence-corrected chi connectivity index (χ4v) is 2.14. The van der Waals surface area contributed by atoms with Gasteiger partial charge in [0.1, 0.15) is 0 Å². The Morgan fingerprint density at radius 2 is 2.00 bits per heavy atom. The van der Waals surface area contributed by atoms with Gasteiger partial charge in [-0.2, -0.15) is 0 Å². The summed E-state index contributed by atoms with van der Waals surface area (Å²) >= 11 is 0. The second kappa shape index (κ2) is 4.98. The first-order valence-electron chi connectivity index (χ1n) is 4.94. The molecule has 0 saturated heterocycles. The molecule has 4 heteroatoms. The van der Waals surface area contributed by atoms with Crippen LogP contribution in [0, 0.1) is 11.8 Å². The van der Waals surface area contributed by atoms with E-state index in [2.05, 4.69) is 4.74 Å². The number of carbonyl (C=O) groups excluding carboxylic acids is 1. The molecule has 1 aliphatic rings. The molecule has 1 rings (SSSR count). The molecule has 1 N–H and O–H groups in total. The highest BCUT2D eigenvalue weighted by molar-refractivity contribution is 5.74. The van der Waals surface area contributed by atoms with Crippen LogP contribution in [-0.2, 0) is 14.3 Å². The molecule has 0 aromatic rings. The van der Waals surface area contributed by atoms with E-state index in [1.54, 1.807) is 0 Å². The summed E-state index contributed by atoms with van der Waals surface area (Å²) in [5.74, 6) is -1.32. The van der Waals surface area contributed by atoms with Crippen LogP contribution in [0.2, 0.25) is 0 Å². The van der Waals surface area contributed by atoms with Crippen molar-refractivity contribution in [3.8, 4) is 0 Å². The highest BCUT2D eigenvalue weighted by Crippen LogP contribution is 2.33. The number of hydrogen-bond donors (Lipinski definition) is 1. The number of aliphatic carboxylic acids is 1. The minimum absolute atomic E-state index is 0.0336. The maximum atomic E-state index is 11.3. The van der Waals surface area contributed by atoms with E-state index in [0.29, 0.717) is 0 Å². The molecule has 0 radical (unpaired) electrons. The number of hydrogen-bond acceptors (Lipinski definition) is 3. The van der Waals surface area contributed by atoms with Gasteiger partial charge >= 0.3 is 11.9 Å². The molecule has 0 aromatic carbocycles. The van der Waals surface area contributed by atoms with E-state index < -0.39 is 5.97 Å². The number of ether oxygens (including phenoxy) is 1. The SMILES string of the molecule is COC(=O)[C@H]1CCCC[C@@H]1CC(=O)O. The molecule has 1 saturated carbocycles. The smallest absolute Gasteiger partial charge is 0.308 e. The molecule has 1 fully saturated rings. The van der Waals surface area contributed by atoms with E-state index in [-0.39, 0.29) is 24.2 Å². The van der Waals surface area contributed by atoms with E-state index in [1.165, 1.54) is 7.11 Å². The van der Waals surface area contributed by atoms with Crippen LogP contribution in [-0.4, -0.2) is 24.2 Å². The van der Waals surface area contributed by atoms with Crippen LogP contribution in [0.5, 0.6) is 0 Å². The van der Waals surface area contributed by atoms with Crippen molar-refractivity contribution >= 4 is 11.9 Å². The molecule has 4 nitrogen and oxygen atoms in total. The molecule has 1 aliphatic carbocycles. The van der Waals surface area contributed by atoms with Crippen LogP contribution < -0.4 is 0 Å². The molecule has 0 bridgehead atoms. The minimum atomic E-state index is -0.828. The molecule has 0 unspecified atom stereocenters. The van der Waals surface area contributed by atoms with Crippen LogP contribution in [0.25, 0.3) is 0 Å². The van der Waals surface area contributed by atoms with Crippen molar-refractivity contribution in [2.24, 2.45) is 11.8 Å². The monoisotopic (exact) mass is 200 g/mol. The van der Waals surface area contributed by atoms with Crippen molar-refractivity contribution in [1.29, 1.82) is 0 Å². The molecule has 0 aromatic heterocycles. The Labute approximate surface area is 83.2 Å². The van der Waals surface area contributed by atoms with E-state index in [1.807, 2.05) is 0 Å². The summed E-state index contributed by atoms with van der Waals surface area (Å²) < 4.78 is 4.67. The third-order valence-corrected chi connectivity index (χ3v) is 2.85. The summed E-state index contributed by atoms with van der Waals surface area (Å²) in [5.41, 5.74) is 0. The lowest BCUT2D eigenvalue weighted by Gasteiger charge is -2.28. The van der Waals surface area contributed by atoms with Crippen molar-refractivity contribution < 1.29 is 19.4 Å². The molecule has 80 valence electrons. The van der Waals surface area contributed by atoms with Crippen molar-refractivity contribution in [3.05, 3.63) is 0 Å². The first-order chi connectivity index (χ1) is 6.65. The van der Waals surface area contributed by atoms with Crippen molar-refractivity contribution in [1.82, 2.24) is 0 Å². The Morgan fingerprint density at radius 1 is 1.36 bits per heavy atom. The molecule has 0 heterocycles. The van der Waals surface area contributed by atoms with Gasteiger partial charge in [0.15, 0.2) is 0 Å². The predicted octanol–water partition coefficient (Wildman–Crippen LogP) is 1.44.